The summed E-state index contributed by atoms with van der Waals surface area (Å²) in [5.41, 5.74) is 1.70. The van der Waals surface area contributed by atoms with E-state index in [1.807, 2.05) is 18.2 Å². The van der Waals surface area contributed by atoms with Gasteiger partial charge in [-0.3, -0.25) is 9.59 Å². The van der Waals surface area contributed by atoms with Crippen LogP contribution in [0.25, 0.3) is 0 Å². The Morgan fingerprint density at radius 2 is 1.85 bits per heavy atom. The fourth-order valence-electron chi connectivity index (χ4n) is 2.86. The van der Waals surface area contributed by atoms with E-state index in [9.17, 15) is 9.59 Å². The molecule has 1 heterocycles. The Balaban J connectivity index is 1.36. The molecule has 0 unspecified atom stereocenters. The number of carbonyl (C=O) groups is 2. The van der Waals surface area contributed by atoms with Crippen molar-refractivity contribution in [1.29, 1.82) is 0 Å². The molecule has 0 bridgehead atoms. The zero-order valence-corrected chi connectivity index (χ0v) is 15.1. The number of para-hydroxylation sites is 1. The van der Waals surface area contributed by atoms with Crippen molar-refractivity contribution in [2.24, 2.45) is 5.92 Å². The lowest BCUT2D eigenvalue weighted by molar-refractivity contribution is -0.121. The van der Waals surface area contributed by atoms with E-state index in [0.29, 0.717) is 23.7 Å². The highest BCUT2D eigenvalue weighted by atomic mass is 35.5. The molecule has 2 N–H and O–H groups in total. The number of fused-ring (bicyclic) bond motifs is 1. The van der Waals surface area contributed by atoms with Crippen LogP contribution in [0.1, 0.15) is 22.3 Å². The number of carbonyl (C=O) groups excluding carboxylic acids is 2. The molecule has 5 nitrogen and oxygen atoms in total. The lowest BCUT2D eigenvalue weighted by Gasteiger charge is -2.25. The summed E-state index contributed by atoms with van der Waals surface area (Å²) in [5, 5.41) is 6.23. The SMILES string of the molecule is O=C(CCNC(=O)c1ccc(Cl)cc1)NC[C@@H]1COc2ccccc2C1. The van der Waals surface area contributed by atoms with Crippen LogP contribution < -0.4 is 15.4 Å². The van der Waals surface area contributed by atoms with Gasteiger partial charge in [0.15, 0.2) is 0 Å². The van der Waals surface area contributed by atoms with Crippen LogP contribution in [0.5, 0.6) is 5.75 Å². The largest absolute Gasteiger partial charge is 0.493 e. The van der Waals surface area contributed by atoms with Crippen LogP contribution in [-0.2, 0) is 11.2 Å². The summed E-state index contributed by atoms with van der Waals surface area (Å²) in [6.07, 6.45) is 1.13. The molecule has 2 aromatic rings. The van der Waals surface area contributed by atoms with Crippen molar-refractivity contribution in [3.05, 3.63) is 64.7 Å². The van der Waals surface area contributed by atoms with Crippen LogP contribution in [0.15, 0.2) is 48.5 Å². The molecule has 1 aliphatic heterocycles. The monoisotopic (exact) mass is 372 g/mol. The molecule has 3 rings (SSSR count). The Kier molecular flexibility index (Phi) is 6.12. The van der Waals surface area contributed by atoms with E-state index in [1.165, 1.54) is 5.56 Å². The van der Waals surface area contributed by atoms with Crippen molar-refractivity contribution in [2.45, 2.75) is 12.8 Å². The van der Waals surface area contributed by atoms with E-state index in [-0.39, 0.29) is 30.7 Å². The molecule has 2 amide bonds. The van der Waals surface area contributed by atoms with Crippen LogP contribution in [-0.4, -0.2) is 31.5 Å². The molecule has 0 radical (unpaired) electrons. The zero-order valence-electron chi connectivity index (χ0n) is 14.3. The predicted molar refractivity (Wildman–Crippen MR) is 101 cm³/mol. The van der Waals surface area contributed by atoms with Crippen molar-refractivity contribution >= 4 is 23.4 Å². The first-order valence-electron chi connectivity index (χ1n) is 8.63. The Morgan fingerprint density at radius 3 is 2.65 bits per heavy atom. The number of benzene rings is 2. The fourth-order valence-corrected chi connectivity index (χ4v) is 2.99. The van der Waals surface area contributed by atoms with Gasteiger partial charge in [-0.2, -0.15) is 0 Å². The maximum absolute atomic E-state index is 12.0. The Labute approximate surface area is 157 Å². The number of amides is 2. The first-order valence-corrected chi connectivity index (χ1v) is 9.01. The smallest absolute Gasteiger partial charge is 0.251 e. The van der Waals surface area contributed by atoms with E-state index in [0.717, 1.165) is 12.2 Å². The van der Waals surface area contributed by atoms with Gasteiger partial charge in [0.2, 0.25) is 5.91 Å². The van der Waals surface area contributed by atoms with Crippen molar-refractivity contribution in [3.8, 4) is 5.75 Å². The molecular weight excluding hydrogens is 352 g/mol. The minimum Gasteiger partial charge on any atom is -0.493 e. The molecule has 26 heavy (non-hydrogen) atoms. The number of hydrogen-bond donors (Lipinski definition) is 2. The normalized spacial score (nSPS) is 15.5. The second kappa shape index (κ2) is 8.72. The van der Waals surface area contributed by atoms with E-state index >= 15 is 0 Å². The summed E-state index contributed by atoms with van der Waals surface area (Å²) < 4.78 is 5.72. The van der Waals surface area contributed by atoms with Crippen LogP contribution in [0.3, 0.4) is 0 Å². The third kappa shape index (κ3) is 4.99. The summed E-state index contributed by atoms with van der Waals surface area (Å²) in [4.78, 5) is 23.9. The topological polar surface area (TPSA) is 67.4 Å². The quantitative estimate of drug-likeness (QED) is 0.819. The van der Waals surface area contributed by atoms with Crippen LogP contribution in [0.2, 0.25) is 5.02 Å². The summed E-state index contributed by atoms with van der Waals surface area (Å²) in [6, 6.07) is 14.6. The van der Waals surface area contributed by atoms with Gasteiger partial charge in [0.05, 0.1) is 6.61 Å². The van der Waals surface area contributed by atoms with Crippen molar-refractivity contribution in [1.82, 2.24) is 10.6 Å². The minimum atomic E-state index is -0.216. The molecule has 0 saturated carbocycles. The van der Waals surface area contributed by atoms with Gasteiger partial charge in [-0.05, 0) is 42.3 Å². The molecule has 6 heteroatoms. The molecular formula is C20H21ClN2O3. The zero-order chi connectivity index (χ0) is 18.4. The third-order valence-corrected chi connectivity index (χ3v) is 4.54. The van der Waals surface area contributed by atoms with Crippen LogP contribution in [0, 0.1) is 5.92 Å². The highest BCUT2D eigenvalue weighted by Gasteiger charge is 2.19. The highest BCUT2D eigenvalue weighted by Crippen LogP contribution is 2.26. The molecule has 0 spiro atoms. The molecule has 0 aromatic heterocycles. The van der Waals surface area contributed by atoms with E-state index in [4.69, 9.17) is 16.3 Å². The lowest BCUT2D eigenvalue weighted by atomic mass is 9.97. The maximum Gasteiger partial charge on any atom is 0.251 e. The van der Waals surface area contributed by atoms with Gasteiger partial charge in [-0.25, -0.2) is 0 Å². The van der Waals surface area contributed by atoms with Gasteiger partial charge in [0.25, 0.3) is 5.91 Å². The van der Waals surface area contributed by atoms with Gasteiger partial charge in [-0.1, -0.05) is 29.8 Å². The standard InChI is InChI=1S/C20H21ClN2O3/c21-17-7-5-15(6-8-17)20(25)22-10-9-19(24)23-12-14-11-16-3-1-2-4-18(16)26-13-14/h1-8,14H,9-13H2,(H,22,25)(H,23,24)/t14-/m1/s1. The van der Waals surface area contributed by atoms with E-state index in [2.05, 4.69) is 16.7 Å². The number of rotatable bonds is 6. The molecule has 0 fully saturated rings. The van der Waals surface area contributed by atoms with E-state index < -0.39 is 0 Å². The molecule has 0 saturated heterocycles. The molecule has 136 valence electrons. The van der Waals surface area contributed by atoms with Gasteiger partial charge in [0.1, 0.15) is 5.75 Å². The number of ether oxygens (including phenoxy) is 1. The fraction of sp³-hybridized carbons (Fsp3) is 0.300. The molecule has 1 aliphatic rings. The van der Waals surface area contributed by atoms with Gasteiger partial charge in [0, 0.05) is 36.0 Å². The highest BCUT2D eigenvalue weighted by molar-refractivity contribution is 6.30. The Morgan fingerprint density at radius 1 is 1.08 bits per heavy atom. The molecule has 0 aliphatic carbocycles. The summed E-state index contributed by atoms with van der Waals surface area (Å²) in [7, 11) is 0. The van der Waals surface area contributed by atoms with Crippen molar-refractivity contribution in [2.75, 3.05) is 19.7 Å². The van der Waals surface area contributed by atoms with Crippen molar-refractivity contribution < 1.29 is 14.3 Å². The first kappa shape index (κ1) is 18.3. The summed E-state index contributed by atoms with van der Waals surface area (Å²) >= 11 is 5.80. The average Bonchev–Trinajstić information content (AvgIpc) is 2.66. The first-order chi connectivity index (χ1) is 12.6. The number of halogens is 1. The Bertz CT molecular complexity index is 777. The minimum absolute atomic E-state index is 0.0831. The molecule has 1 atom stereocenters. The number of hydrogen-bond acceptors (Lipinski definition) is 3. The predicted octanol–water partition coefficient (Wildman–Crippen LogP) is 2.83. The average molecular weight is 373 g/mol. The van der Waals surface area contributed by atoms with E-state index in [1.54, 1.807) is 24.3 Å². The lowest BCUT2D eigenvalue weighted by Crippen LogP contribution is -2.36. The number of nitrogens with one attached hydrogen (secondary N) is 2. The maximum atomic E-state index is 12.0. The Hall–Kier alpha value is -2.53. The van der Waals surface area contributed by atoms with Gasteiger partial charge in [-0.15, -0.1) is 0 Å². The second-order valence-electron chi connectivity index (χ2n) is 6.31. The van der Waals surface area contributed by atoms with Crippen LogP contribution >= 0.6 is 11.6 Å². The summed E-state index contributed by atoms with van der Waals surface area (Å²) in [5.74, 6) is 0.893. The van der Waals surface area contributed by atoms with Gasteiger partial charge >= 0.3 is 0 Å². The van der Waals surface area contributed by atoms with Gasteiger partial charge < -0.3 is 15.4 Å². The summed E-state index contributed by atoms with van der Waals surface area (Å²) in [6.45, 7) is 1.46. The van der Waals surface area contributed by atoms with Crippen molar-refractivity contribution in [3.63, 3.8) is 0 Å². The van der Waals surface area contributed by atoms with Crippen LogP contribution in [0.4, 0.5) is 0 Å². The second-order valence-corrected chi connectivity index (χ2v) is 6.74. The molecule has 2 aromatic carbocycles. The third-order valence-electron chi connectivity index (χ3n) is 4.29.